The maximum Gasteiger partial charge on any atom is 0.340 e. The van der Waals surface area contributed by atoms with Crippen LogP contribution in [0, 0.1) is 0 Å². The molecule has 1 N–H and O–H groups in total. The SMILES string of the molecule is CN(C)CCOC(=O)c1ccc(-c2ccccc2)cc1N1C(=O)c2ccc(-c3cn[nH]n3)cc2C1=O. The zero-order valence-electron chi connectivity index (χ0n) is 19.8. The van der Waals surface area contributed by atoms with Crippen molar-refractivity contribution in [1.29, 1.82) is 0 Å². The number of aromatic nitrogens is 3. The summed E-state index contributed by atoms with van der Waals surface area (Å²) in [7, 11) is 3.75. The van der Waals surface area contributed by atoms with Gasteiger partial charge in [-0.1, -0.05) is 42.5 Å². The van der Waals surface area contributed by atoms with Crippen LogP contribution in [0.25, 0.3) is 22.4 Å². The predicted molar refractivity (Wildman–Crippen MR) is 134 cm³/mol. The lowest BCUT2D eigenvalue weighted by atomic mass is 10.0. The Morgan fingerprint density at radius 1 is 0.917 bits per heavy atom. The van der Waals surface area contributed by atoms with Crippen LogP contribution >= 0.6 is 0 Å². The number of amides is 2. The van der Waals surface area contributed by atoms with E-state index in [0.29, 0.717) is 17.8 Å². The van der Waals surface area contributed by atoms with E-state index in [-0.39, 0.29) is 29.0 Å². The van der Waals surface area contributed by atoms with Crippen molar-refractivity contribution in [3.05, 3.63) is 89.6 Å². The zero-order valence-corrected chi connectivity index (χ0v) is 19.8. The molecule has 0 bridgehead atoms. The lowest BCUT2D eigenvalue weighted by Crippen LogP contribution is -2.31. The number of rotatable bonds is 7. The number of ether oxygens (including phenoxy) is 1. The Bertz CT molecular complexity index is 1450. The van der Waals surface area contributed by atoms with Crippen molar-refractivity contribution in [1.82, 2.24) is 20.3 Å². The first-order valence-electron chi connectivity index (χ1n) is 11.3. The number of hydrogen-bond acceptors (Lipinski definition) is 7. The number of likely N-dealkylation sites (N-methyl/N-ethyl adjacent to an activating group) is 1. The fourth-order valence-corrected chi connectivity index (χ4v) is 4.06. The third-order valence-corrected chi connectivity index (χ3v) is 5.93. The molecule has 0 radical (unpaired) electrons. The monoisotopic (exact) mass is 481 g/mol. The van der Waals surface area contributed by atoms with Crippen LogP contribution in [0.5, 0.6) is 0 Å². The standard InChI is InChI=1S/C27H23N5O4/c1-31(2)12-13-36-27(35)21-11-8-18(17-6-4-3-5-7-17)15-24(21)32-25(33)20-10-9-19(14-22(20)26(32)34)23-16-28-30-29-23/h3-11,14-16H,12-13H2,1-2H3,(H,28,29,30). The second-order valence-corrected chi connectivity index (χ2v) is 8.60. The fraction of sp³-hybridized carbons (Fsp3) is 0.148. The number of nitrogens with one attached hydrogen (secondary N) is 1. The van der Waals surface area contributed by atoms with Crippen LogP contribution in [-0.2, 0) is 4.74 Å². The van der Waals surface area contributed by atoms with Gasteiger partial charge in [-0.25, -0.2) is 9.69 Å². The van der Waals surface area contributed by atoms with Crippen LogP contribution in [0.3, 0.4) is 0 Å². The second kappa shape index (κ2) is 9.55. The number of esters is 1. The summed E-state index contributed by atoms with van der Waals surface area (Å²) >= 11 is 0. The number of carbonyl (C=O) groups is 3. The minimum Gasteiger partial charge on any atom is -0.461 e. The zero-order chi connectivity index (χ0) is 25.2. The molecule has 9 nitrogen and oxygen atoms in total. The topological polar surface area (TPSA) is 108 Å². The van der Waals surface area contributed by atoms with Gasteiger partial charge in [0.15, 0.2) is 0 Å². The molecule has 4 aromatic rings. The molecule has 0 unspecified atom stereocenters. The van der Waals surface area contributed by atoms with Crippen molar-refractivity contribution in [3.63, 3.8) is 0 Å². The van der Waals surface area contributed by atoms with Gasteiger partial charge in [0.05, 0.1) is 28.6 Å². The van der Waals surface area contributed by atoms with Crippen LogP contribution in [0.1, 0.15) is 31.1 Å². The van der Waals surface area contributed by atoms with Crippen molar-refractivity contribution in [2.75, 3.05) is 32.1 Å². The Kier molecular flexibility index (Phi) is 6.14. The van der Waals surface area contributed by atoms with Gasteiger partial charge in [-0.3, -0.25) is 9.59 Å². The molecule has 3 aromatic carbocycles. The van der Waals surface area contributed by atoms with Crippen molar-refractivity contribution in [2.24, 2.45) is 0 Å². The van der Waals surface area contributed by atoms with Crippen LogP contribution in [-0.4, -0.2) is 65.3 Å². The van der Waals surface area contributed by atoms with Crippen LogP contribution in [0.4, 0.5) is 5.69 Å². The minimum atomic E-state index is -0.605. The normalized spacial score (nSPS) is 12.8. The molecule has 1 aliphatic rings. The van der Waals surface area contributed by atoms with Gasteiger partial charge in [0.25, 0.3) is 11.8 Å². The van der Waals surface area contributed by atoms with E-state index in [0.717, 1.165) is 16.0 Å². The van der Waals surface area contributed by atoms with E-state index in [4.69, 9.17) is 4.74 Å². The van der Waals surface area contributed by atoms with Crippen LogP contribution < -0.4 is 4.90 Å². The molecule has 2 heterocycles. The van der Waals surface area contributed by atoms with Gasteiger partial charge in [0.1, 0.15) is 12.3 Å². The summed E-state index contributed by atoms with van der Waals surface area (Å²) in [5.74, 6) is -1.63. The van der Waals surface area contributed by atoms with E-state index in [9.17, 15) is 14.4 Å². The average Bonchev–Trinajstić information content (AvgIpc) is 3.51. The molecule has 1 aromatic heterocycles. The minimum absolute atomic E-state index is 0.139. The molecule has 0 fully saturated rings. The molecular formula is C27H23N5O4. The van der Waals surface area contributed by atoms with Crippen molar-refractivity contribution < 1.29 is 19.1 Å². The summed E-state index contributed by atoms with van der Waals surface area (Å²) in [5, 5.41) is 10.4. The highest BCUT2D eigenvalue weighted by molar-refractivity contribution is 6.35. The van der Waals surface area contributed by atoms with Gasteiger partial charge in [0, 0.05) is 12.1 Å². The van der Waals surface area contributed by atoms with Gasteiger partial charge < -0.3 is 9.64 Å². The number of hydrogen-bond donors (Lipinski definition) is 1. The Morgan fingerprint density at radius 3 is 2.39 bits per heavy atom. The van der Waals surface area contributed by atoms with Crippen molar-refractivity contribution in [2.45, 2.75) is 0 Å². The third-order valence-electron chi connectivity index (χ3n) is 5.93. The summed E-state index contributed by atoms with van der Waals surface area (Å²) in [4.78, 5) is 43.0. The highest BCUT2D eigenvalue weighted by atomic mass is 16.5. The number of anilines is 1. The molecule has 36 heavy (non-hydrogen) atoms. The lowest BCUT2D eigenvalue weighted by molar-refractivity contribution is 0.0483. The number of imide groups is 1. The first-order valence-corrected chi connectivity index (χ1v) is 11.3. The van der Waals surface area contributed by atoms with Gasteiger partial charge in [-0.15, -0.1) is 0 Å². The number of nitrogens with zero attached hydrogens (tertiary/aromatic N) is 4. The van der Waals surface area contributed by atoms with E-state index in [2.05, 4.69) is 15.4 Å². The summed E-state index contributed by atoms with van der Waals surface area (Å²) in [6.07, 6.45) is 1.53. The smallest absolute Gasteiger partial charge is 0.340 e. The van der Waals surface area contributed by atoms with Gasteiger partial charge >= 0.3 is 5.97 Å². The van der Waals surface area contributed by atoms with E-state index in [1.165, 1.54) is 6.20 Å². The predicted octanol–water partition coefficient (Wildman–Crippen LogP) is 3.66. The maximum atomic E-state index is 13.6. The largest absolute Gasteiger partial charge is 0.461 e. The molecule has 5 rings (SSSR count). The van der Waals surface area contributed by atoms with Crippen molar-refractivity contribution in [3.8, 4) is 22.4 Å². The van der Waals surface area contributed by atoms with Crippen LogP contribution in [0.15, 0.2) is 72.9 Å². The quantitative estimate of drug-likeness (QED) is 0.317. The summed E-state index contributed by atoms with van der Waals surface area (Å²) in [5.41, 5.74) is 3.65. The molecule has 0 atom stereocenters. The first kappa shape index (κ1) is 23.1. The van der Waals surface area contributed by atoms with Crippen molar-refractivity contribution >= 4 is 23.5 Å². The lowest BCUT2D eigenvalue weighted by Gasteiger charge is -2.19. The summed E-state index contributed by atoms with van der Waals surface area (Å²) in [6, 6.07) is 19.5. The Labute approximate surface area is 207 Å². The van der Waals surface area contributed by atoms with Gasteiger partial charge in [-0.05, 0) is 49.5 Å². The average molecular weight is 482 g/mol. The number of H-pyrrole nitrogens is 1. The molecular weight excluding hydrogens is 458 g/mol. The summed E-state index contributed by atoms with van der Waals surface area (Å²) < 4.78 is 5.45. The molecule has 180 valence electrons. The molecule has 0 aliphatic carbocycles. The fourth-order valence-electron chi connectivity index (χ4n) is 4.06. The third kappa shape index (κ3) is 4.27. The number of fused-ring (bicyclic) bond motifs is 1. The van der Waals surface area contributed by atoms with E-state index >= 15 is 0 Å². The molecule has 9 heteroatoms. The Morgan fingerprint density at radius 2 is 1.67 bits per heavy atom. The molecule has 0 spiro atoms. The summed E-state index contributed by atoms with van der Waals surface area (Å²) in [6.45, 7) is 0.718. The number of benzene rings is 3. The molecule has 0 saturated heterocycles. The molecule has 0 saturated carbocycles. The molecule has 2 amide bonds. The Hall–Kier alpha value is -4.63. The van der Waals surface area contributed by atoms with E-state index in [1.807, 2.05) is 49.3 Å². The highest BCUT2D eigenvalue weighted by Crippen LogP contribution is 2.35. The number of aromatic amines is 1. The van der Waals surface area contributed by atoms with Crippen LogP contribution in [0.2, 0.25) is 0 Å². The van der Waals surface area contributed by atoms with Gasteiger partial charge in [-0.2, -0.15) is 15.4 Å². The van der Waals surface area contributed by atoms with Gasteiger partial charge in [0.2, 0.25) is 0 Å². The Balaban J connectivity index is 1.56. The number of carbonyl (C=O) groups excluding carboxylic acids is 3. The van der Waals surface area contributed by atoms with E-state index < -0.39 is 17.8 Å². The first-order chi connectivity index (χ1) is 17.4. The second-order valence-electron chi connectivity index (χ2n) is 8.60. The molecule has 1 aliphatic heterocycles. The maximum absolute atomic E-state index is 13.6. The van der Waals surface area contributed by atoms with E-state index in [1.54, 1.807) is 36.4 Å². The highest BCUT2D eigenvalue weighted by Gasteiger charge is 2.39.